The lowest BCUT2D eigenvalue weighted by molar-refractivity contribution is -0.140. The maximum atomic E-state index is 13.2. The van der Waals surface area contributed by atoms with Gasteiger partial charge in [-0.2, -0.15) is 0 Å². The number of benzene rings is 2. The van der Waals surface area contributed by atoms with Gasteiger partial charge >= 0.3 is 12.1 Å². The highest BCUT2D eigenvalue weighted by Crippen LogP contribution is 2.35. The predicted molar refractivity (Wildman–Crippen MR) is 172 cm³/mol. The van der Waals surface area contributed by atoms with Gasteiger partial charge in [-0.15, -0.1) is 0 Å². The molecule has 2 aromatic rings. The molecule has 1 unspecified atom stereocenters. The van der Waals surface area contributed by atoms with E-state index in [9.17, 15) is 19.1 Å². The number of rotatable bonds is 11. The molecule has 2 atom stereocenters. The summed E-state index contributed by atoms with van der Waals surface area (Å²) in [6, 6.07) is 19.1. The summed E-state index contributed by atoms with van der Waals surface area (Å²) in [5.74, 6) is -0.382. The van der Waals surface area contributed by atoms with E-state index in [1.165, 1.54) is 37.8 Å². The van der Waals surface area contributed by atoms with E-state index in [1.807, 2.05) is 41.3 Å². The summed E-state index contributed by atoms with van der Waals surface area (Å²) in [5.41, 5.74) is 0.784. The molecule has 242 valence electrons. The van der Waals surface area contributed by atoms with Gasteiger partial charge in [0, 0.05) is 44.3 Å². The van der Waals surface area contributed by atoms with Crippen LogP contribution in [0.3, 0.4) is 0 Å². The number of hydrogen-bond donors (Lipinski definition) is 1. The molecule has 3 aliphatic rings. The minimum Gasteiger partial charge on any atom is -0.480 e. The smallest absolute Gasteiger partial charge is 0.410 e. The van der Waals surface area contributed by atoms with Crippen molar-refractivity contribution in [1.29, 1.82) is 0 Å². The zero-order valence-electron chi connectivity index (χ0n) is 26.5. The highest BCUT2D eigenvalue weighted by atomic mass is 19.1. The number of amides is 1. The molecule has 1 heterocycles. The third-order valence-corrected chi connectivity index (χ3v) is 9.50. The van der Waals surface area contributed by atoms with Crippen LogP contribution >= 0.6 is 0 Å². The SMILES string of the molecule is CCCN(C(=O)OCc1ccc(F)cc1)C1CCN(C[C@@H]2CCC(N(CC(=O)O)C3CCCCC3)C2)CC1.c1ccccc1. The summed E-state index contributed by atoms with van der Waals surface area (Å²) in [5, 5.41) is 9.55. The van der Waals surface area contributed by atoms with Gasteiger partial charge in [0.1, 0.15) is 12.4 Å². The highest BCUT2D eigenvalue weighted by Gasteiger charge is 2.36. The van der Waals surface area contributed by atoms with Gasteiger partial charge in [0.25, 0.3) is 0 Å². The van der Waals surface area contributed by atoms with Crippen LogP contribution in [0.5, 0.6) is 0 Å². The highest BCUT2D eigenvalue weighted by molar-refractivity contribution is 5.69. The zero-order valence-corrected chi connectivity index (χ0v) is 26.5. The first-order valence-corrected chi connectivity index (χ1v) is 16.8. The lowest BCUT2D eigenvalue weighted by Gasteiger charge is -2.39. The molecule has 44 heavy (non-hydrogen) atoms. The van der Waals surface area contributed by atoms with Crippen molar-refractivity contribution in [3.63, 3.8) is 0 Å². The summed E-state index contributed by atoms with van der Waals surface area (Å²) in [6.45, 7) is 6.10. The number of likely N-dealkylation sites (tertiary alicyclic amines) is 1. The van der Waals surface area contributed by atoms with Gasteiger partial charge < -0.3 is 19.6 Å². The molecule has 0 radical (unpaired) electrons. The number of aliphatic carboxylic acids is 1. The molecular weight excluding hydrogens is 557 g/mol. The number of halogens is 1. The van der Waals surface area contributed by atoms with Gasteiger partial charge in [-0.3, -0.25) is 9.69 Å². The summed E-state index contributed by atoms with van der Waals surface area (Å²) >= 11 is 0. The maximum absolute atomic E-state index is 13.2. The molecule has 2 aromatic carbocycles. The Morgan fingerprint density at radius 1 is 0.864 bits per heavy atom. The van der Waals surface area contributed by atoms with E-state index in [0.29, 0.717) is 24.5 Å². The average molecular weight is 610 g/mol. The van der Waals surface area contributed by atoms with E-state index in [1.54, 1.807) is 12.1 Å². The Balaban J connectivity index is 0.000000657. The van der Waals surface area contributed by atoms with Crippen LogP contribution in [0.2, 0.25) is 0 Å². The van der Waals surface area contributed by atoms with Crippen molar-refractivity contribution in [1.82, 2.24) is 14.7 Å². The third kappa shape index (κ3) is 10.9. The van der Waals surface area contributed by atoms with Crippen molar-refractivity contribution in [3.05, 3.63) is 72.0 Å². The van der Waals surface area contributed by atoms with Gasteiger partial charge in [-0.05, 0) is 75.0 Å². The van der Waals surface area contributed by atoms with E-state index in [4.69, 9.17) is 4.74 Å². The molecule has 1 amide bonds. The number of piperidine rings is 1. The molecule has 2 saturated carbocycles. The van der Waals surface area contributed by atoms with Crippen LogP contribution in [-0.4, -0.2) is 82.7 Å². The normalized spacial score (nSPS) is 21.4. The molecule has 0 spiro atoms. The van der Waals surface area contributed by atoms with Crippen LogP contribution in [0.25, 0.3) is 0 Å². The Morgan fingerprint density at radius 3 is 2.09 bits per heavy atom. The molecule has 8 heteroatoms. The second-order valence-corrected chi connectivity index (χ2v) is 12.8. The van der Waals surface area contributed by atoms with Crippen LogP contribution in [0.4, 0.5) is 9.18 Å². The number of carboxylic acids is 1. The quantitative estimate of drug-likeness (QED) is 0.290. The van der Waals surface area contributed by atoms with Crippen molar-refractivity contribution in [3.8, 4) is 0 Å². The minimum absolute atomic E-state index is 0.154. The topological polar surface area (TPSA) is 73.3 Å². The monoisotopic (exact) mass is 609 g/mol. The fourth-order valence-corrected chi connectivity index (χ4v) is 7.28. The first-order chi connectivity index (χ1) is 21.4. The van der Waals surface area contributed by atoms with Crippen molar-refractivity contribution in [2.45, 2.75) is 102 Å². The van der Waals surface area contributed by atoms with Crippen LogP contribution < -0.4 is 0 Å². The number of carbonyl (C=O) groups is 2. The molecule has 5 rings (SSSR count). The fourth-order valence-electron chi connectivity index (χ4n) is 7.28. The Bertz CT molecular complexity index is 1080. The molecular formula is C36H52FN3O4. The molecule has 7 nitrogen and oxygen atoms in total. The molecule has 0 bridgehead atoms. The van der Waals surface area contributed by atoms with E-state index >= 15 is 0 Å². The minimum atomic E-state index is -0.700. The first-order valence-electron chi connectivity index (χ1n) is 16.8. The van der Waals surface area contributed by atoms with Crippen molar-refractivity contribution < 1.29 is 23.8 Å². The van der Waals surface area contributed by atoms with Crippen LogP contribution in [-0.2, 0) is 16.1 Å². The van der Waals surface area contributed by atoms with Gasteiger partial charge in [0.2, 0.25) is 0 Å². The largest absolute Gasteiger partial charge is 0.480 e. The molecule has 2 aliphatic carbocycles. The van der Waals surface area contributed by atoms with Crippen molar-refractivity contribution in [2.24, 2.45) is 5.92 Å². The lowest BCUT2D eigenvalue weighted by Crippen LogP contribution is -2.48. The number of hydrogen-bond acceptors (Lipinski definition) is 5. The lowest BCUT2D eigenvalue weighted by atomic mass is 9.92. The van der Waals surface area contributed by atoms with Gasteiger partial charge in [-0.1, -0.05) is 74.7 Å². The van der Waals surface area contributed by atoms with E-state index in [-0.39, 0.29) is 31.1 Å². The summed E-state index contributed by atoms with van der Waals surface area (Å²) in [6.07, 6.45) is 11.9. The second-order valence-electron chi connectivity index (χ2n) is 12.8. The third-order valence-electron chi connectivity index (χ3n) is 9.50. The number of carbonyl (C=O) groups excluding carboxylic acids is 1. The summed E-state index contributed by atoms with van der Waals surface area (Å²) < 4.78 is 18.7. The number of carboxylic acid groups (broad SMARTS) is 1. The number of ether oxygens (including phenoxy) is 1. The van der Waals surface area contributed by atoms with E-state index in [0.717, 1.165) is 70.1 Å². The van der Waals surface area contributed by atoms with Gasteiger partial charge in [0.05, 0.1) is 6.54 Å². The Kier molecular flexibility index (Phi) is 14.0. The molecule has 3 fully saturated rings. The number of nitrogens with zero attached hydrogens (tertiary/aromatic N) is 3. The average Bonchev–Trinajstić information content (AvgIpc) is 3.52. The molecule has 1 N–H and O–H groups in total. The van der Waals surface area contributed by atoms with Crippen LogP contribution in [0, 0.1) is 11.7 Å². The molecule has 1 aliphatic heterocycles. The molecule has 0 aromatic heterocycles. The Labute approximate surface area is 263 Å². The van der Waals surface area contributed by atoms with Crippen molar-refractivity contribution in [2.75, 3.05) is 32.7 Å². The standard InChI is InChI=1S/C30H46FN3O4.C6H6/c1-2-16-33(30(37)38-22-23-8-11-25(31)12-9-23)27-14-17-32(18-15-27)20-24-10-13-28(19-24)34(21-29(35)36)26-6-4-3-5-7-26;1-2-4-6-5-3-1/h8-9,11-12,24,26-28H,2-7,10,13-22H2,1H3,(H,35,36);1-6H/t24-,28?;/m1./s1. The van der Waals surface area contributed by atoms with Gasteiger partial charge in [-0.25, -0.2) is 9.18 Å². The first kappa shape index (κ1) is 33.9. The van der Waals surface area contributed by atoms with Crippen LogP contribution in [0.1, 0.15) is 83.1 Å². The Hall–Kier alpha value is -2.97. The molecule has 1 saturated heterocycles. The fraction of sp³-hybridized carbons (Fsp3) is 0.611. The van der Waals surface area contributed by atoms with Gasteiger partial charge in [0.15, 0.2) is 0 Å². The summed E-state index contributed by atoms with van der Waals surface area (Å²) in [4.78, 5) is 31.3. The Morgan fingerprint density at radius 2 is 1.50 bits per heavy atom. The van der Waals surface area contributed by atoms with Crippen molar-refractivity contribution >= 4 is 12.1 Å². The zero-order chi connectivity index (χ0) is 31.1. The van der Waals surface area contributed by atoms with Crippen LogP contribution in [0.15, 0.2) is 60.7 Å². The van der Waals surface area contributed by atoms with E-state index in [2.05, 4.69) is 16.7 Å². The van der Waals surface area contributed by atoms with E-state index < -0.39 is 5.97 Å². The predicted octanol–water partition coefficient (Wildman–Crippen LogP) is 7.21. The summed E-state index contributed by atoms with van der Waals surface area (Å²) in [7, 11) is 0. The second kappa shape index (κ2) is 18.1. The maximum Gasteiger partial charge on any atom is 0.410 e.